The van der Waals surface area contributed by atoms with Crippen molar-refractivity contribution >= 4 is 22.6 Å². The van der Waals surface area contributed by atoms with Crippen LogP contribution in [-0.4, -0.2) is 26.7 Å². The van der Waals surface area contributed by atoms with Gasteiger partial charge in [0.2, 0.25) is 0 Å². The second-order valence-electron chi connectivity index (χ2n) is 6.77. The van der Waals surface area contributed by atoms with E-state index in [0.29, 0.717) is 22.9 Å². The summed E-state index contributed by atoms with van der Waals surface area (Å²) in [6, 6.07) is 10.9. The van der Waals surface area contributed by atoms with Crippen molar-refractivity contribution in [1.29, 1.82) is 0 Å². The van der Waals surface area contributed by atoms with Crippen LogP contribution in [0.3, 0.4) is 0 Å². The van der Waals surface area contributed by atoms with E-state index in [1.54, 1.807) is 32.4 Å². The lowest BCUT2D eigenvalue weighted by molar-refractivity contribution is -0.118. The van der Waals surface area contributed by atoms with E-state index in [1.165, 1.54) is 18.4 Å². The van der Waals surface area contributed by atoms with Gasteiger partial charge in [0, 0.05) is 23.4 Å². The lowest BCUT2D eigenvalue weighted by Crippen LogP contribution is -2.20. The Hall–Kier alpha value is -3.15. The standard InChI is InChI=1S/C22H23NO5/c1-25-14-7-9-18(21(12-14)26-2)23-22(24)13-27-15-8-10-20-17(11-15)16-5-3-4-6-19(16)28-20/h7-12H,3-6,13H2,1-2H3,(H,23,24). The molecule has 6 nitrogen and oxygen atoms in total. The molecule has 2 aromatic carbocycles. The van der Waals surface area contributed by atoms with Crippen LogP contribution >= 0.6 is 0 Å². The van der Waals surface area contributed by atoms with Crippen molar-refractivity contribution in [3.8, 4) is 17.2 Å². The molecular weight excluding hydrogens is 358 g/mol. The average molecular weight is 381 g/mol. The third kappa shape index (κ3) is 3.63. The molecule has 0 bridgehead atoms. The zero-order valence-electron chi connectivity index (χ0n) is 16.0. The van der Waals surface area contributed by atoms with Gasteiger partial charge in [-0.05, 0) is 49.6 Å². The van der Waals surface area contributed by atoms with Gasteiger partial charge in [-0.2, -0.15) is 0 Å². The number of furan rings is 1. The zero-order valence-corrected chi connectivity index (χ0v) is 16.0. The number of ether oxygens (including phenoxy) is 3. The third-order valence-electron chi connectivity index (χ3n) is 4.98. The Morgan fingerprint density at radius 2 is 1.86 bits per heavy atom. The minimum Gasteiger partial charge on any atom is -0.497 e. The predicted molar refractivity (Wildman–Crippen MR) is 107 cm³/mol. The molecule has 1 amide bonds. The fourth-order valence-electron chi connectivity index (χ4n) is 3.57. The summed E-state index contributed by atoms with van der Waals surface area (Å²) < 4.78 is 22.1. The van der Waals surface area contributed by atoms with Crippen molar-refractivity contribution in [3.05, 3.63) is 47.7 Å². The summed E-state index contributed by atoms with van der Waals surface area (Å²) in [6.45, 7) is -0.0965. The maximum absolute atomic E-state index is 12.3. The summed E-state index contributed by atoms with van der Waals surface area (Å²) in [5.74, 6) is 2.65. The predicted octanol–water partition coefficient (Wildman–Crippen LogP) is 4.35. The quantitative estimate of drug-likeness (QED) is 0.688. The molecule has 0 fully saturated rings. The van der Waals surface area contributed by atoms with Crippen LogP contribution < -0.4 is 19.5 Å². The highest BCUT2D eigenvalue weighted by molar-refractivity contribution is 5.93. The molecule has 0 saturated heterocycles. The first-order valence-electron chi connectivity index (χ1n) is 9.37. The maximum Gasteiger partial charge on any atom is 0.262 e. The molecule has 0 spiro atoms. The fourth-order valence-corrected chi connectivity index (χ4v) is 3.57. The number of carbonyl (C=O) groups is 1. The van der Waals surface area contributed by atoms with Crippen LogP contribution in [0, 0.1) is 0 Å². The van der Waals surface area contributed by atoms with E-state index in [9.17, 15) is 4.79 Å². The number of fused-ring (bicyclic) bond motifs is 3. The molecule has 1 aromatic heterocycles. The lowest BCUT2D eigenvalue weighted by Gasteiger charge is -2.12. The first-order chi connectivity index (χ1) is 13.7. The molecule has 1 aliphatic carbocycles. The van der Waals surface area contributed by atoms with Gasteiger partial charge < -0.3 is 23.9 Å². The van der Waals surface area contributed by atoms with Crippen molar-refractivity contribution in [2.45, 2.75) is 25.7 Å². The zero-order chi connectivity index (χ0) is 19.5. The van der Waals surface area contributed by atoms with Crippen LogP contribution in [0.15, 0.2) is 40.8 Å². The Bertz CT molecular complexity index is 1010. The summed E-state index contributed by atoms with van der Waals surface area (Å²) in [5, 5.41) is 3.89. The third-order valence-corrected chi connectivity index (χ3v) is 4.98. The maximum atomic E-state index is 12.3. The number of benzene rings is 2. The smallest absolute Gasteiger partial charge is 0.262 e. The van der Waals surface area contributed by atoms with Crippen LogP contribution in [-0.2, 0) is 17.6 Å². The molecule has 3 aromatic rings. The Morgan fingerprint density at radius 1 is 1.04 bits per heavy atom. The second kappa shape index (κ2) is 7.84. The molecule has 0 atom stereocenters. The summed E-state index contributed by atoms with van der Waals surface area (Å²) in [7, 11) is 3.12. The van der Waals surface area contributed by atoms with E-state index >= 15 is 0 Å². The number of hydrogen-bond donors (Lipinski definition) is 1. The highest BCUT2D eigenvalue weighted by Crippen LogP contribution is 2.34. The molecule has 6 heteroatoms. The number of amides is 1. The minimum absolute atomic E-state index is 0.0965. The molecule has 146 valence electrons. The van der Waals surface area contributed by atoms with Gasteiger partial charge in [0.15, 0.2) is 6.61 Å². The highest BCUT2D eigenvalue weighted by atomic mass is 16.5. The van der Waals surface area contributed by atoms with Crippen molar-refractivity contribution in [2.75, 3.05) is 26.1 Å². The van der Waals surface area contributed by atoms with Gasteiger partial charge in [0.25, 0.3) is 5.91 Å². The van der Waals surface area contributed by atoms with Crippen molar-refractivity contribution in [3.63, 3.8) is 0 Å². The number of anilines is 1. The van der Waals surface area contributed by atoms with Crippen LogP contribution in [0.5, 0.6) is 17.2 Å². The Balaban J connectivity index is 1.43. The van der Waals surface area contributed by atoms with Crippen LogP contribution in [0.2, 0.25) is 0 Å². The lowest BCUT2D eigenvalue weighted by atomic mass is 9.96. The van der Waals surface area contributed by atoms with Crippen molar-refractivity contribution in [2.24, 2.45) is 0 Å². The molecule has 4 rings (SSSR count). The van der Waals surface area contributed by atoms with Gasteiger partial charge in [-0.15, -0.1) is 0 Å². The summed E-state index contributed by atoms with van der Waals surface area (Å²) in [6.07, 6.45) is 4.37. The van der Waals surface area contributed by atoms with Crippen molar-refractivity contribution in [1.82, 2.24) is 0 Å². The van der Waals surface area contributed by atoms with Gasteiger partial charge >= 0.3 is 0 Å². The Labute approximate surface area is 163 Å². The molecule has 0 radical (unpaired) electrons. The first kappa shape index (κ1) is 18.2. The van der Waals surface area contributed by atoms with Crippen LogP contribution in [0.1, 0.15) is 24.2 Å². The van der Waals surface area contributed by atoms with Gasteiger partial charge in [-0.1, -0.05) is 0 Å². The highest BCUT2D eigenvalue weighted by Gasteiger charge is 2.18. The molecule has 0 aliphatic heterocycles. The van der Waals surface area contributed by atoms with Gasteiger partial charge in [0.1, 0.15) is 28.6 Å². The number of hydrogen-bond acceptors (Lipinski definition) is 5. The minimum atomic E-state index is -0.266. The SMILES string of the molecule is COc1ccc(NC(=O)COc2ccc3oc4c(c3c2)CCCC4)c(OC)c1. The molecular formula is C22H23NO5. The van der Waals surface area contributed by atoms with E-state index in [-0.39, 0.29) is 12.5 Å². The number of nitrogens with one attached hydrogen (secondary N) is 1. The summed E-state index contributed by atoms with van der Waals surface area (Å²) >= 11 is 0. The second-order valence-corrected chi connectivity index (χ2v) is 6.77. The van der Waals surface area contributed by atoms with Gasteiger partial charge in [-0.3, -0.25) is 4.79 Å². The molecule has 0 saturated carbocycles. The molecule has 1 N–H and O–H groups in total. The topological polar surface area (TPSA) is 69.9 Å². The number of aryl methyl sites for hydroxylation is 2. The largest absolute Gasteiger partial charge is 0.497 e. The normalized spacial score (nSPS) is 13.1. The molecule has 28 heavy (non-hydrogen) atoms. The van der Waals surface area contributed by atoms with Crippen LogP contribution in [0.4, 0.5) is 5.69 Å². The van der Waals surface area contributed by atoms with E-state index in [4.69, 9.17) is 18.6 Å². The first-order valence-corrected chi connectivity index (χ1v) is 9.37. The van der Waals surface area contributed by atoms with Gasteiger partial charge in [0.05, 0.1) is 19.9 Å². The van der Waals surface area contributed by atoms with E-state index in [2.05, 4.69) is 5.32 Å². The molecule has 0 unspecified atom stereocenters. The molecule has 1 aliphatic rings. The Kier molecular flexibility index (Phi) is 5.10. The monoisotopic (exact) mass is 381 g/mol. The van der Waals surface area contributed by atoms with E-state index in [0.717, 1.165) is 29.6 Å². The van der Waals surface area contributed by atoms with E-state index in [1.807, 2.05) is 18.2 Å². The van der Waals surface area contributed by atoms with Gasteiger partial charge in [-0.25, -0.2) is 0 Å². The van der Waals surface area contributed by atoms with Crippen LogP contribution in [0.25, 0.3) is 11.0 Å². The fraction of sp³-hybridized carbons (Fsp3) is 0.318. The average Bonchev–Trinajstić information content (AvgIpc) is 3.10. The summed E-state index contributed by atoms with van der Waals surface area (Å²) in [5.41, 5.74) is 2.72. The number of rotatable bonds is 6. The number of methoxy groups -OCH3 is 2. The molecule has 1 heterocycles. The summed E-state index contributed by atoms with van der Waals surface area (Å²) in [4.78, 5) is 12.3. The van der Waals surface area contributed by atoms with E-state index < -0.39 is 0 Å². The van der Waals surface area contributed by atoms with Crippen molar-refractivity contribution < 1.29 is 23.4 Å². The number of carbonyl (C=O) groups excluding carboxylic acids is 1. The Morgan fingerprint density at radius 3 is 2.68 bits per heavy atom.